The molecule has 2 aromatic carbocycles. The first-order chi connectivity index (χ1) is 16.5. The third kappa shape index (κ3) is 10.2. The maximum absolute atomic E-state index is 12.8. The van der Waals surface area contributed by atoms with Gasteiger partial charge in [-0.1, -0.05) is 31.5 Å². The van der Waals surface area contributed by atoms with Gasteiger partial charge in [0.25, 0.3) is 0 Å². The first kappa shape index (κ1) is 31.5. The third-order valence-electron chi connectivity index (χ3n) is 4.97. The number of nitrogens with one attached hydrogen (secondary N) is 2. The zero-order chi connectivity index (χ0) is 27.8. The van der Waals surface area contributed by atoms with Crippen molar-refractivity contribution in [1.82, 2.24) is 10.6 Å². The summed E-state index contributed by atoms with van der Waals surface area (Å²) in [5.41, 5.74) is 10.7. The molecule has 2 unspecified atom stereocenters. The number of anilines is 2. The van der Waals surface area contributed by atoms with Crippen LogP contribution < -0.4 is 22.1 Å². The monoisotopic (exact) mass is 529 g/mol. The van der Waals surface area contributed by atoms with Crippen LogP contribution in [0.2, 0.25) is 5.02 Å². The Morgan fingerprint density at radius 3 is 2.08 bits per heavy atom. The van der Waals surface area contributed by atoms with Crippen LogP contribution in [0.1, 0.15) is 69.1 Å². The molecular formula is C25H35ClF3N5O2. The summed E-state index contributed by atoms with van der Waals surface area (Å²) in [5.74, 6) is 0. The van der Waals surface area contributed by atoms with Gasteiger partial charge in [-0.2, -0.15) is 18.4 Å². The number of nitrogen functional groups attached to an aromatic ring is 2. The van der Waals surface area contributed by atoms with Gasteiger partial charge in [0, 0.05) is 30.4 Å². The van der Waals surface area contributed by atoms with Crippen molar-refractivity contribution in [3.63, 3.8) is 0 Å². The van der Waals surface area contributed by atoms with Crippen LogP contribution in [0.3, 0.4) is 0 Å². The maximum atomic E-state index is 12.8. The summed E-state index contributed by atoms with van der Waals surface area (Å²) < 4.78 is 38.4. The van der Waals surface area contributed by atoms with Gasteiger partial charge in [-0.15, -0.1) is 0 Å². The van der Waals surface area contributed by atoms with E-state index in [1.54, 1.807) is 18.2 Å². The Morgan fingerprint density at radius 2 is 1.58 bits per heavy atom. The van der Waals surface area contributed by atoms with Crippen LogP contribution >= 0.6 is 11.6 Å². The second-order valence-electron chi connectivity index (χ2n) is 9.65. The van der Waals surface area contributed by atoms with Gasteiger partial charge in [-0.05, 0) is 56.2 Å². The van der Waals surface area contributed by atoms with Crippen molar-refractivity contribution in [2.24, 2.45) is 0 Å². The molecule has 0 saturated carbocycles. The number of nitriles is 1. The van der Waals surface area contributed by atoms with Crippen molar-refractivity contribution in [2.75, 3.05) is 24.6 Å². The normalized spacial score (nSPS) is 13.5. The van der Waals surface area contributed by atoms with Crippen molar-refractivity contribution in [1.29, 1.82) is 5.26 Å². The lowest BCUT2D eigenvalue weighted by atomic mass is 10.0. The molecule has 2 aromatic rings. The summed E-state index contributed by atoms with van der Waals surface area (Å²) in [7, 11) is 0. The SMILES string of the molecule is CC(C)(C)NCC(O)c1cc(Cl)c(N)c(C(F)(F)F)c1.CC(C)NCC(O)c1ccc(N)c(C#N)c1. The third-order valence-corrected chi connectivity index (χ3v) is 5.28. The minimum Gasteiger partial charge on any atom is -0.398 e. The number of aliphatic hydroxyl groups excluding tert-OH is 2. The number of nitrogens with two attached hydrogens (primary N) is 2. The molecule has 200 valence electrons. The lowest BCUT2D eigenvalue weighted by Gasteiger charge is -2.23. The average molecular weight is 530 g/mol. The molecular weight excluding hydrogens is 495 g/mol. The van der Waals surface area contributed by atoms with E-state index in [2.05, 4.69) is 10.6 Å². The highest BCUT2D eigenvalue weighted by Gasteiger charge is 2.34. The molecule has 0 radical (unpaired) electrons. The number of hydrogen-bond donors (Lipinski definition) is 6. The number of alkyl halides is 3. The predicted octanol–water partition coefficient (Wildman–Crippen LogP) is 4.53. The first-order valence-electron chi connectivity index (χ1n) is 11.3. The highest BCUT2D eigenvalue weighted by molar-refractivity contribution is 6.33. The first-order valence-corrected chi connectivity index (χ1v) is 11.6. The van der Waals surface area contributed by atoms with E-state index in [0.29, 0.717) is 29.4 Å². The molecule has 0 aliphatic rings. The molecule has 0 amide bonds. The minimum absolute atomic E-state index is 0.0771. The Labute approximate surface area is 215 Å². The molecule has 0 spiro atoms. The van der Waals surface area contributed by atoms with Gasteiger partial charge in [-0.25, -0.2) is 0 Å². The lowest BCUT2D eigenvalue weighted by Crippen LogP contribution is -2.38. The standard InChI is InChI=1S/C13H18ClF3N2O.C12H17N3O/c1-12(2,3)19-6-10(20)7-4-8(13(15,16)17)11(18)9(14)5-7;1-8(2)15-7-12(16)9-3-4-11(14)10(5-9)6-13/h4-5,10,19-20H,6,18H2,1-3H3;3-5,8,12,15-16H,7,14H2,1-2H3. The molecule has 2 atom stereocenters. The van der Waals surface area contributed by atoms with Gasteiger partial charge in [-0.3, -0.25) is 0 Å². The van der Waals surface area contributed by atoms with Gasteiger partial charge in [0.15, 0.2) is 0 Å². The summed E-state index contributed by atoms with van der Waals surface area (Å²) in [5, 5.41) is 34.6. The summed E-state index contributed by atoms with van der Waals surface area (Å²) in [4.78, 5) is 0. The van der Waals surface area contributed by atoms with Crippen molar-refractivity contribution in [2.45, 2.75) is 64.6 Å². The number of aliphatic hydroxyl groups is 2. The molecule has 0 aliphatic carbocycles. The predicted molar refractivity (Wildman–Crippen MR) is 137 cm³/mol. The molecule has 36 heavy (non-hydrogen) atoms. The zero-order valence-corrected chi connectivity index (χ0v) is 21.8. The second-order valence-corrected chi connectivity index (χ2v) is 10.1. The van der Waals surface area contributed by atoms with Crippen molar-refractivity contribution in [3.05, 3.63) is 57.6 Å². The largest absolute Gasteiger partial charge is 0.418 e. The molecule has 0 bridgehead atoms. The van der Waals surface area contributed by atoms with E-state index < -0.39 is 29.6 Å². The number of benzene rings is 2. The molecule has 2 rings (SSSR count). The molecule has 7 nitrogen and oxygen atoms in total. The Bertz CT molecular complexity index is 1050. The molecule has 0 aliphatic heterocycles. The van der Waals surface area contributed by atoms with Gasteiger partial charge in [0.05, 0.1) is 34.0 Å². The van der Waals surface area contributed by atoms with E-state index in [1.807, 2.05) is 40.7 Å². The van der Waals surface area contributed by atoms with Crippen LogP contribution in [-0.4, -0.2) is 34.9 Å². The smallest absolute Gasteiger partial charge is 0.398 e. The Kier molecular flexibility index (Phi) is 11.5. The molecule has 0 saturated heterocycles. The van der Waals surface area contributed by atoms with Gasteiger partial charge < -0.3 is 32.3 Å². The van der Waals surface area contributed by atoms with Gasteiger partial charge in [0.1, 0.15) is 6.07 Å². The topological polar surface area (TPSA) is 140 Å². The van der Waals surface area contributed by atoms with Crippen LogP contribution in [0.15, 0.2) is 30.3 Å². The summed E-state index contributed by atoms with van der Waals surface area (Å²) >= 11 is 5.70. The highest BCUT2D eigenvalue weighted by Crippen LogP contribution is 2.38. The molecule has 0 fully saturated rings. The Hall–Kier alpha value is -2.55. The van der Waals surface area contributed by atoms with Crippen LogP contribution in [0.5, 0.6) is 0 Å². The number of halogens is 4. The Morgan fingerprint density at radius 1 is 1.00 bits per heavy atom. The number of rotatable bonds is 7. The van der Waals surface area contributed by atoms with E-state index in [-0.39, 0.29) is 22.7 Å². The van der Waals surface area contributed by atoms with Crippen LogP contribution in [0.4, 0.5) is 24.5 Å². The molecule has 0 aromatic heterocycles. The molecule has 11 heteroatoms. The quantitative estimate of drug-likeness (QED) is 0.289. The van der Waals surface area contributed by atoms with Crippen molar-refractivity contribution < 1.29 is 23.4 Å². The van der Waals surface area contributed by atoms with E-state index >= 15 is 0 Å². The number of hydrogen-bond acceptors (Lipinski definition) is 7. The Balaban J connectivity index is 0.000000369. The van der Waals surface area contributed by atoms with Gasteiger partial charge in [0.2, 0.25) is 0 Å². The summed E-state index contributed by atoms with van der Waals surface area (Å²) in [6.07, 6.45) is -6.33. The maximum Gasteiger partial charge on any atom is 0.418 e. The minimum atomic E-state index is -4.61. The fourth-order valence-corrected chi connectivity index (χ4v) is 3.16. The fourth-order valence-electron chi connectivity index (χ4n) is 2.93. The van der Waals surface area contributed by atoms with Crippen LogP contribution in [0.25, 0.3) is 0 Å². The lowest BCUT2D eigenvalue weighted by molar-refractivity contribution is -0.137. The van der Waals surface area contributed by atoms with Crippen molar-refractivity contribution in [3.8, 4) is 6.07 Å². The number of β-amino-alcohol motifs (C(OH)–C–C–N with tert-alkyl or cyclic N) is 1. The van der Waals surface area contributed by atoms with Crippen LogP contribution in [0, 0.1) is 11.3 Å². The summed E-state index contributed by atoms with van der Waals surface area (Å²) in [6.45, 7) is 10.3. The van der Waals surface area contributed by atoms with Gasteiger partial charge >= 0.3 is 6.18 Å². The molecule has 0 heterocycles. The summed E-state index contributed by atoms with van der Waals surface area (Å²) in [6, 6.07) is 9.41. The van der Waals surface area contributed by atoms with E-state index in [0.717, 1.165) is 6.07 Å². The number of nitrogens with zero attached hydrogens (tertiary/aromatic N) is 1. The highest BCUT2D eigenvalue weighted by atomic mass is 35.5. The van der Waals surface area contributed by atoms with Crippen molar-refractivity contribution >= 4 is 23.0 Å². The fraction of sp³-hybridized carbons (Fsp3) is 0.480. The molecule has 8 N–H and O–H groups in total. The van der Waals surface area contributed by atoms with E-state index in [1.165, 1.54) is 6.07 Å². The van der Waals surface area contributed by atoms with E-state index in [4.69, 9.17) is 28.3 Å². The second kappa shape index (κ2) is 13.1. The van der Waals surface area contributed by atoms with Crippen LogP contribution in [-0.2, 0) is 6.18 Å². The van der Waals surface area contributed by atoms with E-state index in [9.17, 15) is 23.4 Å². The zero-order valence-electron chi connectivity index (χ0n) is 21.0. The average Bonchev–Trinajstić information content (AvgIpc) is 2.77.